The summed E-state index contributed by atoms with van der Waals surface area (Å²) in [5.74, 6) is 0.811. The van der Waals surface area contributed by atoms with Gasteiger partial charge < -0.3 is 0 Å². The number of fused-ring (bicyclic) bond motifs is 1. The highest BCUT2D eigenvalue weighted by Crippen LogP contribution is 2.63. The Morgan fingerprint density at radius 1 is 0.846 bits per heavy atom. The van der Waals surface area contributed by atoms with Crippen LogP contribution >= 0.6 is 0 Å². The molecule has 0 radical (unpaired) electrons. The molecule has 2 fully saturated rings. The standard InChI is InChI=1S/C11H14N2/c12-7-11(8-13)9-5-3-1-2-4-6-10(9)11/h9-10H,1-6H2. The Balaban J connectivity index is 2.11. The number of nitrogens with zero attached hydrogens (tertiary/aromatic N) is 2. The Kier molecular flexibility index (Phi) is 2.00. The molecule has 2 atom stereocenters. The topological polar surface area (TPSA) is 47.6 Å². The van der Waals surface area contributed by atoms with Gasteiger partial charge in [0.15, 0.2) is 0 Å². The van der Waals surface area contributed by atoms with Crippen molar-refractivity contribution < 1.29 is 0 Å². The molecule has 0 bridgehead atoms. The third kappa shape index (κ3) is 1.13. The van der Waals surface area contributed by atoms with Crippen molar-refractivity contribution in [1.29, 1.82) is 10.5 Å². The van der Waals surface area contributed by atoms with Gasteiger partial charge in [-0.1, -0.05) is 25.7 Å². The molecule has 0 heterocycles. The lowest BCUT2D eigenvalue weighted by Gasteiger charge is -2.04. The average Bonchev–Trinajstić information content (AvgIpc) is 2.71. The van der Waals surface area contributed by atoms with E-state index in [-0.39, 0.29) is 0 Å². The van der Waals surface area contributed by atoms with E-state index in [9.17, 15) is 0 Å². The molecule has 0 saturated heterocycles. The van der Waals surface area contributed by atoms with Crippen molar-refractivity contribution >= 4 is 0 Å². The molecular formula is C11H14N2. The zero-order chi connectivity index (χ0) is 9.31. The van der Waals surface area contributed by atoms with Gasteiger partial charge >= 0.3 is 0 Å². The number of hydrogen-bond acceptors (Lipinski definition) is 2. The van der Waals surface area contributed by atoms with Crippen LogP contribution in [0.2, 0.25) is 0 Å². The predicted molar refractivity (Wildman–Crippen MR) is 48.3 cm³/mol. The lowest BCUT2D eigenvalue weighted by atomic mass is 10.0. The normalized spacial score (nSPS) is 35.8. The maximum Gasteiger partial charge on any atom is 0.150 e. The minimum absolute atomic E-state index is 0.405. The molecule has 0 spiro atoms. The molecular weight excluding hydrogens is 160 g/mol. The minimum atomic E-state index is -0.579. The van der Waals surface area contributed by atoms with Gasteiger partial charge in [0.25, 0.3) is 0 Å². The van der Waals surface area contributed by atoms with Gasteiger partial charge in [-0.05, 0) is 24.7 Å². The third-order valence-electron chi connectivity index (χ3n) is 3.70. The van der Waals surface area contributed by atoms with E-state index in [1.54, 1.807) is 0 Å². The summed E-state index contributed by atoms with van der Waals surface area (Å²) >= 11 is 0. The van der Waals surface area contributed by atoms with Gasteiger partial charge in [-0.15, -0.1) is 0 Å². The van der Waals surface area contributed by atoms with Crippen LogP contribution in [-0.4, -0.2) is 0 Å². The van der Waals surface area contributed by atoms with Gasteiger partial charge in [-0.3, -0.25) is 0 Å². The summed E-state index contributed by atoms with van der Waals surface area (Å²) in [5, 5.41) is 18.0. The van der Waals surface area contributed by atoms with Gasteiger partial charge in [0.1, 0.15) is 5.41 Å². The highest BCUT2D eigenvalue weighted by Gasteiger charge is 2.65. The maximum absolute atomic E-state index is 9.00. The van der Waals surface area contributed by atoms with E-state index in [4.69, 9.17) is 10.5 Å². The van der Waals surface area contributed by atoms with Crippen LogP contribution in [0.25, 0.3) is 0 Å². The summed E-state index contributed by atoms with van der Waals surface area (Å²) in [7, 11) is 0. The van der Waals surface area contributed by atoms with Gasteiger partial charge in [-0.25, -0.2) is 0 Å². The first-order valence-corrected chi connectivity index (χ1v) is 5.17. The van der Waals surface area contributed by atoms with Crippen LogP contribution in [0.15, 0.2) is 0 Å². The number of nitriles is 2. The van der Waals surface area contributed by atoms with E-state index in [0.717, 1.165) is 12.8 Å². The van der Waals surface area contributed by atoms with E-state index in [2.05, 4.69) is 12.1 Å². The fourth-order valence-electron chi connectivity index (χ4n) is 2.83. The van der Waals surface area contributed by atoms with Gasteiger partial charge in [0.2, 0.25) is 0 Å². The van der Waals surface area contributed by atoms with Crippen LogP contribution in [0.1, 0.15) is 38.5 Å². The van der Waals surface area contributed by atoms with Crippen LogP contribution < -0.4 is 0 Å². The van der Waals surface area contributed by atoms with Gasteiger partial charge in [0, 0.05) is 0 Å². The van der Waals surface area contributed by atoms with Crippen molar-refractivity contribution in [2.24, 2.45) is 17.3 Å². The molecule has 0 aliphatic heterocycles. The molecule has 2 unspecified atom stereocenters. The molecule has 0 aromatic rings. The Hall–Kier alpha value is -1.02. The molecule has 0 aromatic carbocycles. The van der Waals surface area contributed by atoms with Gasteiger partial charge in [0.05, 0.1) is 12.1 Å². The summed E-state index contributed by atoms with van der Waals surface area (Å²) in [6, 6.07) is 4.48. The zero-order valence-corrected chi connectivity index (χ0v) is 7.79. The van der Waals surface area contributed by atoms with Crippen molar-refractivity contribution in [3.63, 3.8) is 0 Å². The second-order valence-corrected chi connectivity index (χ2v) is 4.30. The Labute approximate surface area is 79.2 Å². The molecule has 2 saturated carbocycles. The largest absolute Gasteiger partial charge is 0.197 e. The second-order valence-electron chi connectivity index (χ2n) is 4.30. The smallest absolute Gasteiger partial charge is 0.150 e. The van der Waals surface area contributed by atoms with Crippen LogP contribution in [-0.2, 0) is 0 Å². The van der Waals surface area contributed by atoms with Crippen molar-refractivity contribution in [3.05, 3.63) is 0 Å². The first-order chi connectivity index (χ1) is 6.35. The monoisotopic (exact) mass is 174 g/mol. The molecule has 0 amide bonds. The van der Waals surface area contributed by atoms with Crippen LogP contribution in [0.3, 0.4) is 0 Å². The molecule has 2 rings (SSSR count). The minimum Gasteiger partial charge on any atom is -0.197 e. The SMILES string of the molecule is N#CC1(C#N)C2CCCCCCC21. The Bertz CT molecular complexity index is 251. The highest BCUT2D eigenvalue weighted by molar-refractivity contribution is 5.32. The summed E-state index contributed by atoms with van der Waals surface area (Å²) in [4.78, 5) is 0. The maximum atomic E-state index is 9.00. The summed E-state index contributed by atoms with van der Waals surface area (Å²) in [6.07, 6.45) is 7.21. The quantitative estimate of drug-likeness (QED) is 0.566. The first-order valence-electron chi connectivity index (χ1n) is 5.17. The van der Waals surface area contributed by atoms with E-state index in [1.165, 1.54) is 25.7 Å². The Morgan fingerprint density at radius 2 is 1.31 bits per heavy atom. The number of rotatable bonds is 0. The molecule has 2 heteroatoms. The van der Waals surface area contributed by atoms with Crippen molar-refractivity contribution in [3.8, 4) is 12.1 Å². The number of hydrogen-bond donors (Lipinski definition) is 0. The average molecular weight is 174 g/mol. The molecule has 13 heavy (non-hydrogen) atoms. The summed E-state index contributed by atoms with van der Waals surface area (Å²) in [6.45, 7) is 0. The lowest BCUT2D eigenvalue weighted by molar-refractivity contribution is 0.485. The molecule has 0 N–H and O–H groups in total. The van der Waals surface area contributed by atoms with Gasteiger partial charge in [-0.2, -0.15) is 10.5 Å². The van der Waals surface area contributed by atoms with E-state index in [1.807, 2.05) is 0 Å². The fourth-order valence-corrected chi connectivity index (χ4v) is 2.83. The molecule has 2 aliphatic carbocycles. The lowest BCUT2D eigenvalue weighted by Crippen LogP contribution is -1.97. The molecule has 68 valence electrons. The van der Waals surface area contributed by atoms with E-state index >= 15 is 0 Å². The third-order valence-corrected chi connectivity index (χ3v) is 3.70. The summed E-state index contributed by atoms with van der Waals surface area (Å²) in [5.41, 5.74) is -0.579. The molecule has 2 nitrogen and oxygen atoms in total. The fraction of sp³-hybridized carbons (Fsp3) is 0.818. The van der Waals surface area contributed by atoms with Crippen LogP contribution in [0.5, 0.6) is 0 Å². The van der Waals surface area contributed by atoms with Crippen LogP contribution in [0, 0.1) is 39.9 Å². The van der Waals surface area contributed by atoms with Crippen molar-refractivity contribution in [2.75, 3.05) is 0 Å². The highest BCUT2D eigenvalue weighted by atomic mass is 14.7. The van der Waals surface area contributed by atoms with Crippen LogP contribution in [0.4, 0.5) is 0 Å². The zero-order valence-electron chi connectivity index (χ0n) is 7.79. The van der Waals surface area contributed by atoms with E-state index < -0.39 is 5.41 Å². The van der Waals surface area contributed by atoms with Crippen molar-refractivity contribution in [2.45, 2.75) is 38.5 Å². The van der Waals surface area contributed by atoms with Crippen molar-refractivity contribution in [1.82, 2.24) is 0 Å². The summed E-state index contributed by atoms with van der Waals surface area (Å²) < 4.78 is 0. The van der Waals surface area contributed by atoms with E-state index in [0.29, 0.717) is 11.8 Å². The Morgan fingerprint density at radius 3 is 1.69 bits per heavy atom. The predicted octanol–water partition coefficient (Wildman–Crippen LogP) is 2.62. The first kappa shape index (κ1) is 8.57. The second kappa shape index (κ2) is 3.04. The molecule has 0 aromatic heterocycles. The molecule has 2 aliphatic rings.